The van der Waals surface area contributed by atoms with Gasteiger partial charge in [0.15, 0.2) is 0 Å². The minimum Gasteiger partial charge on any atom is -0.397 e. The van der Waals surface area contributed by atoms with Gasteiger partial charge in [0.2, 0.25) is 0 Å². The van der Waals surface area contributed by atoms with Crippen molar-refractivity contribution in [2.75, 3.05) is 17.7 Å². The Hall–Kier alpha value is -1.14. The summed E-state index contributed by atoms with van der Waals surface area (Å²) in [4.78, 5) is 6.06. The number of thiazole rings is 1. The van der Waals surface area contributed by atoms with Gasteiger partial charge in [-0.25, -0.2) is 9.37 Å². The number of rotatable bonds is 3. The molecule has 0 amide bonds. The number of nitrogens with two attached hydrogens (primary N) is 1. The molecule has 1 aromatic heterocycles. The highest BCUT2D eigenvalue weighted by atomic mass is 79.9. The van der Waals surface area contributed by atoms with E-state index in [0.717, 1.165) is 5.69 Å². The Kier molecular flexibility index (Phi) is 3.63. The highest BCUT2D eigenvalue weighted by Gasteiger charge is 2.11. The molecule has 3 nitrogen and oxygen atoms in total. The fourth-order valence-electron chi connectivity index (χ4n) is 1.53. The Balaban J connectivity index is 2.24. The number of benzene rings is 1. The first-order chi connectivity index (χ1) is 8.08. The largest absolute Gasteiger partial charge is 0.397 e. The Bertz CT molecular complexity index is 516. The molecule has 6 heteroatoms. The lowest BCUT2D eigenvalue weighted by Gasteiger charge is -2.20. The molecule has 0 aliphatic carbocycles. The highest BCUT2D eigenvalue weighted by molar-refractivity contribution is 9.10. The summed E-state index contributed by atoms with van der Waals surface area (Å²) in [7, 11) is 1.86. The molecule has 0 radical (unpaired) electrons. The Morgan fingerprint density at radius 2 is 2.29 bits per heavy atom. The summed E-state index contributed by atoms with van der Waals surface area (Å²) in [6.07, 6.45) is 0. The number of halogens is 2. The third-order valence-corrected chi connectivity index (χ3v) is 3.61. The van der Waals surface area contributed by atoms with E-state index in [9.17, 15) is 4.39 Å². The van der Waals surface area contributed by atoms with Crippen LogP contribution >= 0.6 is 27.3 Å². The molecule has 2 N–H and O–H groups in total. The molecule has 0 aliphatic rings. The highest BCUT2D eigenvalue weighted by Crippen LogP contribution is 2.29. The molecule has 1 heterocycles. The van der Waals surface area contributed by atoms with Crippen LogP contribution in [0.15, 0.2) is 27.5 Å². The fraction of sp³-hybridized carbons (Fsp3) is 0.182. The Morgan fingerprint density at radius 1 is 1.53 bits per heavy atom. The zero-order valence-corrected chi connectivity index (χ0v) is 11.6. The number of nitrogens with zero attached hydrogens (tertiary/aromatic N) is 2. The second-order valence-corrected chi connectivity index (χ2v) is 5.23. The summed E-state index contributed by atoms with van der Waals surface area (Å²) in [6.45, 7) is 0.606. The third kappa shape index (κ3) is 2.76. The van der Waals surface area contributed by atoms with E-state index in [1.54, 1.807) is 11.6 Å². The van der Waals surface area contributed by atoms with Crippen molar-refractivity contribution in [3.05, 3.63) is 39.0 Å². The van der Waals surface area contributed by atoms with Crippen LogP contribution in [0.1, 0.15) is 5.69 Å². The van der Waals surface area contributed by atoms with Crippen LogP contribution < -0.4 is 10.6 Å². The molecule has 0 saturated heterocycles. The normalized spacial score (nSPS) is 10.5. The fourth-order valence-corrected chi connectivity index (χ4v) is 2.44. The van der Waals surface area contributed by atoms with Crippen molar-refractivity contribution in [1.29, 1.82) is 0 Å². The van der Waals surface area contributed by atoms with Crippen LogP contribution in [0.25, 0.3) is 0 Å². The summed E-state index contributed by atoms with van der Waals surface area (Å²) in [5.41, 5.74) is 9.78. The number of hydrogen-bond acceptors (Lipinski definition) is 4. The molecule has 0 fully saturated rings. The molecular formula is C11H11BrFN3S. The standard InChI is InChI=1S/C11H11BrFN3S/c1-16(4-7-5-17-6-15-7)11-3-9(13)8(12)2-10(11)14/h2-3,5-6H,4,14H2,1H3. The topological polar surface area (TPSA) is 42.2 Å². The molecule has 1 aromatic carbocycles. The molecule has 90 valence electrons. The van der Waals surface area contributed by atoms with Gasteiger partial charge in [0.1, 0.15) is 5.82 Å². The van der Waals surface area contributed by atoms with Gasteiger partial charge >= 0.3 is 0 Å². The number of hydrogen-bond donors (Lipinski definition) is 1. The van der Waals surface area contributed by atoms with Gasteiger partial charge in [-0.15, -0.1) is 11.3 Å². The molecule has 2 rings (SSSR count). The van der Waals surface area contributed by atoms with Gasteiger partial charge in [-0.1, -0.05) is 0 Å². The first-order valence-corrected chi connectivity index (χ1v) is 6.64. The van der Waals surface area contributed by atoms with Gasteiger partial charge in [-0.2, -0.15) is 0 Å². The second-order valence-electron chi connectivity index (χ2n) is 3.66. The first kappa shape index (κ1) is 12.3. The van der Waals surface area contributed by atoms with Crippen LogP contribution in [-0.4, -0.2) is 12.0 Å². The van der Waals surface area contributed by atoms with Gasteiger partial charge in [-0.05, 0) is 22.0 Å². The minimum absolute atomic E-state index is 0.320. The molecule has 17 heavy (non-hydrogen) atoms. The summed E-state index contributed by atoms with van der Waals surface area (Å²) < 4.78 is 13.8. The zero-order chi connectivity index (χ0) is 12.4. The molecule has 0 saturated carbocycles. The van der Waals surface area contributed by atoms with Gasteiger partial charge < -0.3 is 10.6 Å². The monoisotopic (exact) mass is 315 g/mol. The summed E-state index contributed by atoms with van der Waals surface area (Å²) in [5, 5.41) is 1.96. The van der Waals surface area contributed by atoms with E-state index >= 15 is 0 Å². The van der Waals surface area contributed by atoms with E-state index in [1.165, 1.54) is 17.4 Å². The van der Waals surface area contributed by atoms with Crippen LogP contribution in [0.5, 0.6) is 0 Å². The quantitative estimate of drug-likeness (QED) is 0.884. The minimum atomic E-state index is -0.320. The first-order valence-electron chi connectivity index (χ1n) is 4.90. The van der Waals surface area contributed by atoms with E-state index in [2.05, 4.69) is 20.9 Å². The van der Waals surface area contributed by atoms with Crippen LogP contribution in [-0.2, 0) is 6.54 Å². The molecule has 0 bridgehead atoms. The van der Waals surface area contributed by atoms with Crippen molar-refractivity contribution in [2.45, 2.75) is 6.54 Å². The average molecular weight is 316 g/mol. The lowest BCUT2D eigenvalue weighted by atomic mass is 10.2. The zero-order valence-electron chi connectivity index (χ0n) is 9.15. The van der Waals surface area contributed by atoms with Crippen molar-refractivity contribution < 1.29 is 4.39 Å². The maximum absolute atomic E-state index is 13.5. The lowest BCUT2D eigenvalue weighted by Crippen LogP contribution is -2.18. The summed E-state index contributed by atoms with van der Waals surface area (Å²) in [5.74, 6) is -0.320. The van der Waals surface area contributed by atoms with Crippen LogP contribution in [0.2, 0.25) is 0 Å². The number of aromatic nitrogens is 1. The van der Waals surface area contributed by atoms with E-state index in [-0.39, 0.29) is 5.82 Å². The molecular weight excluding hydrogens is 305 g/mol. The summed E-state index contributed by atoms with van der Waals surface area (Å²) >= 11 is 4.64. The third-order valence-electron chi connectivity index (χ3n) is 2.36. The number of anilines is 2. The van der Waals surface area contributed by atoms with E-state index in [4.69, 9.17) is 5.73 Å². The van der Waals surface area contributed by atoms with Crippen LogP contribution in [0.4, 0.5) is 15.8 Å². The van der Waals surface area contributed by atoms with Gasteiger partial charge in [0.05, 0.1) is 33.6 Å². The molecule has 0 atom stereocenters. The lowest BCUT2D eigenvalue weighted by molar-refractivity contribution is 0.620. The van der Waals surface area contributed by atoms with Crippen molar-refractivity contribution in [3.8, 4) is 0 Å². The van der Waals surface area contributed by atoms with Gasteiger partial charge in [0.25, 0.3) is 0 Å². The predicted molar refractivity (Wildman–Crippen MR) is 72.7 cm³/mol. The van der Waals surface area contributed by atoms with Crippen molar-refractivity contribution in [3.63, 3.8) is 0 Å². The van der Waals surface area contributed by atoms with Crippen molar-refractivity contribution in [1.82, 2.24) is 4.98 Å². The maximum atomic E-state index is 13.5. The Labute approximate surface area is 111 Å². The Morgan fingerprint density at radius 3 is 2.94 bits per heavy atom. The maximum Gasteiger partial charge on any atom is 0.139 e. The second kappa shape index (κ2) is 5.01. The predicted octanol–water partition coefficient (Wildman–Crippen LogP) is 3.26. The van der Waals surface area contributed by atoms with E-state index in [1.807, 2.05) is 17.3 Å². The van der Waals surface area contributed by atoms with Gasteiger partial charge in [0, 0.05) is 18.5 Å². The SMILES string of the molecule is CN(Cc1cscn1)c1cc(F)c(Br)cc1N. The van der Waals surface area contributed by atoms with E-state index < -0.39 is 0 Å². The average Bonchev–Trinajstić information content (AvgIpc) is 2.76. The smallest absolute Gasteiger partial charge is 0.139 e. The molecule has 0 unspecified atom stereocenters. The van der Waals surface area contributed by atoms with Crippen LogP contribution in [0.3, 0.4) is 0 Å². The van der Waals surface area contributed by atoms with Gasteiger partial charge in [-0.3, -0.25) is 0 Å². The van der Waals surface area contributed by atoms with Crippen molar-refractivity contribution >= 4 is 38.6 Å². The van der Waals surface area contributed by atoms with E-state index in [0.29, 0.717) is 22.4 Å². The molecule has 2 aromatic rings. The molecule has 0 spiro atoms. The molecule has 0 aliphatic heterocycles. The number of nitrogen functional groups attached to an aromatic ring is 1. The van der Waals surface area contributed by atoms with Crippen LogP contribution in [0, 0.1) is 5.82 Å². The summed E-state index contributed by atoms with van der Waals surface area (Å²) in [6, 6.07) is 2.99. The van der Waals surface area contributed by atoms with Crippen molar-refractivity contribution in [2.24, 2.45) is 0 Å².